The third-order valence-electron chi connectivity index (χ3n) is 2.26. The molecule has 0 amide bonds. The molecule has 1 N–H and O–H groups in total. The number of hydrogen-bond acceptors (Lipinski definition) is 2. The zero-order valence-corrected chi connectivity index (χ0v) is 8.40. The fourth-order valence-corrected chi connectivity index (χ4v) is 1.42. The van der Waals surface area contributed by atoms with Crippen LogP contribution in [0.3, 0.4) is 0 Å². The first kappa shape index (κ1) is 10.3. The predicted molar refractivity (Wildman–Crippen MR) is 52.4 cm³/mol. The molecule has 0 saturated heterocycles. The van der Waals surface area contributed by atoms with Gasteiger partial charge in [-0.2, -0.15) is 0 Å². The number of hydrogen-bond donors (Lipinski definition) is 1. The van der Waals surface area contributed by atoms with Gasteiger partial charge in [0.1, 0.15) is 0 Å². The molecule has 3 nitrogen and oxygen atoms in total. The summed E-state index contributed by atoms with van der Waals surface area (Å²) in [7, 11) is 0. The summed E-state index contributed by atoms with van der Waals surface area (Å²) in [5, 5.41) is 9.79. The Bertz CT molecular complexity index is 245. The molecule has 0 saturated carbocycles. The molecular formula is C10H18N2O. The van der Waals surface area contributed by atoms with Crippen molar-refractivity contribution < 1.29 is 5.11 Å². The first-order valence-corrected chi connectivity index (χ1v) is 4.97. The molecule has 1 aromatic heterocycles. The average Bonchev–Trinajstić information content (AvgIpc) is 2.61. The summed E-state index contributed by atoms with van der Waals surface area (Å²) in [6.45, 7) is 5.06. The van der Waals surface area contributed by atoms with Crippen LogP contribution in [0.2, 0.25) is 0 Å². The molecule has 0 radical (unpaired) electrons. The van der Waals surface area contributed by atoms with Crippen LogP contribution >= 0.6 is 0 Å². The summed E-state index contributed by atoms with van der Waals surface area (Å²) < 4.78 is 1.99. The third kappa shape index (κ3) is 2.56. The molecule has 13 heavy (non-hydrogen) atoms. The summed E-state index contributed by atoms with van der Waals surface area (Å²) in [6, 6.07) is 0. The van der Waals surface area contributed by atoms with Gasteiger partial charge in [-0.3, -0.25) is 0 Å². The van der Waals surface area contributed by atoms with E-state index in [4.69, 9.17) is 0 Å². The van der Waals surface area contributed by atoms with Gasteiger partial charge in [0, 0.05) is 6.54 Å². The van der Waals surface area contributed by atoms with Crippen molar-refractivity contribution in [2.45, 2.75) is 45.8 Å². The van der Waals surface area contributed by atoms with E-state index in [9.17, 15) is 5.11 Å². The molecule has 0 aliphatic rings. The first-order chi connectivity index (χ1) is 6.29. The summed E-state index contributed by atoms with van der Waals surface area (Å²) in [4.78, 5) is 4.03. The van der Waals surface area contributed by atoms with E-state index in [1.165, 1.54) is 0 Å². The van der Waals surface area contributed by atoms with Gasteiger partial charge in [-0.1, -0.05) is 19.8 Å². The summed E-state index contributed by atoms with van der Waals surface area (Å²) in [5.74, 6) is 0. The molecule has 1 aromatic rings. The van der Waals surface area contributed by atoms with Gasteiger partial charge in [-0.05, 0) is 13.3 Å². The smallest absolute Gasteiger partial charge is 0.0955 e. The van der Waals surface area contributed by atoms with Gasteiger partial charge in [-0.25, -0.2) is 4.98 Å². The van der Waals surface area contributed by atoms with Gasteiger partial charge in [0.05, 0.1) is 24.3 Å². The Labute approximate surface area is 79.4 Å². The van der Waals surface area contributed by atoms with E-state index in [0.29, 0.717) is 0 Å². The Morgan fingerprint density at radius 1 is 1.54 bits per heavy atom. The molecule has 3 heteroatoms. The maximum Gasteiger partial charge on any atom is 0.0955 e. The molecule has 0 aromatic carbocycles. The van der Waals surface area contributed by atoms with Crippen molar-refractivity contribution in [3.05, 3.63) is 18.2 Å². The van der Waals surface area contributed by atoms with Crippen LogP contribution in [0.25, 0.3) is 0 Å². The van der Waals surface area contributed by atoms with E-state index in [1.54, 1.807) is 12.5 Å². The largest absolute Gasteiger partial charge is 0.387 e. The van der Waals surface area contributed by atoms with Crippen molar-refractivity contribution in [1.82, 2.24) is 9.55 Å². The van der Waals surface area contributed by atoms with Crippen LogP contribution < -0.4 is 0 Å². The van der Waals surface area contributed by atoms with Crippen LogP contribution in [0.5, 0.6) is 0 Å². The molecule has 1 heterocycles. The number of unbranched alkanes of at least 4 members (excludes halogenated alkanes) is 1. The lowest BCUT2D eigenvalue weighted by molar-refractivity contribution is 0.155. The zero-order chi connectivity index (χ0) is 9.68. The van der Waals surface area contributed by atoms with Gasteiger partial charge in [0.15, 0.2) is 0 Å². The number of aromatic nitrogens is 2. The number of rotatable bonds is 5. The Hall–Kier alpha value is -0.830. The second kappa shape index (κ2) is 5.02. The van der Waals surface area contributed by atoms with Gasteiger partial charge in [-0.15, -0.1) is 0 Å². The fraction of sp³-hybridized carbons (Fsp3) is 0.700. The number of aliphatic hydroxyl groups excluding tert-OH is 1. The molecular weight excluding hydrogens is 164 g/mol. The van der Waals surface area contributed by atoms with Gasteiger partial charge < -0.3 is 9.67 Å². The third-order valence-corrected chi connectivity index (χ3v) is 2.26. The van der Waals surface area contributed by atoms with Crippen molar-refractivity contribution in [3.63, 3.8) is 0 Å². The maximum absolute atomic E-state index is 9.79. The molecule has 0 bridgehead atoms. The lowest BCUT2D eigenvalue weighted by Crippen LogP contribution is -2.05. The first-order valence-electron chi connectivity index (χ1n) is 4.97. The fourth-order valence-electron chi connectivity index (χ4n) is 1.42. The maximum atomic E-state index is 9.79. The van der Waals surface area contributed by atoms with Gasteiger partial charge in [0.2, 0.25) is 0 Å². The minimum absolute atomic E-state index is 0.345. The molecule has 1 atom stereocenters. The molecule has 1 rings (SSSR count). The highest BCUT2D eigenvalue weighted by Crippen LogP contribution is 2.18. The molecule has 0 fully saturated rings. The molecule has 0 aliphatic heterocycles. The topological polar surface area (TPSA) is 38.1 Å². The average molecular weight is 182 g/mol. The van der Waals surface area contributed by atoms with E-state index in [-0.39, 0.29) is 6.10 Å². The van der Waals surface area contributed by atoms with Crippen LogP contribution in [0.4, 0.5) is 0 Å². The molecule has 0 spiro atoms. The lowest BCUT2D eigenvalue weighted by Gasteiger charge is -2.11. The monoisotopic (exact) mass is 182 g/mol. The van der Waals surface area contributed by atoms with Crippen LogP contribution in [0, 0.1) is 0 Å². The molecule has 74 valence electrons. The highest BCUT2D eigenvalue weighted by molar-refractivity contribution is 5.02. The van der Waals surface area contributed by atoms with Crippen molar-refractivity contribution in [2.24, 2.45) is 0 Å². The minimum Gasteiger partial charge on any atom is -0.387 e. The normalized spacial score (nSPS) is 13.2. The van der Waals surface area contributed by atoms with E-state index in [2.05, 4.69) is 18.8 Å². The predicted octanol–water partition coefficient (Wildman–Crippen LogP) is 2.13. The molecule has 1 unspecified atom stereocenters. The Morgan fingerprint density at radius 2 is 2.31 bits per heavy atom. The van der Waals surface area contributed by atoms with Crippen LogP contribution in [-0.2, 0) is 6.54 Å². The number of aliphatic hydroxyl groups is 1. The number of imidazole rings is 1. The summed E-state index contributed by atoms with van der Waals surface area (Å²) in [5.41, 5.74) is 0.941. The Morgan fingerprint density at radius 3 is 2.92 bits per heavy atom. The highest BCUT2D eigenvalue weighted by Gasteiger charge is 2.10. The van der Waals surface area contributed by atoms with E-state index >= 15 is 0 Å². The number of nitrogens with zero attached hydrogens (tertiary/aromatic N) is 2. The van der Waals surface area contributed by atoms with Crippen LogP contribution in [0.1, 0.15) is 44.9 Å². The molecule has 0 aliphatic carbocycles. The summed E-state index contributed by atoms with van der Waals surface area (Å²) in [6.07, 6.45) is 6.20. The summed E-state index contributed by atoms with van der Waals surface area (Å²) >= 11 is 0. The second-order valence-corrected chi connectivity index (χ2v) is 3.26. The van der Waals surface area contributed by atoms with Crippen molar-refractivity contribution in [2.75, 3.05) is 0 Å². The van der Waals surface area contributed by atoms with Crippen molar-refractivity contribution >= 4 is 0 Å². The van der Waals surface area contributed by atoms with E-state index in [1.807, 2.05) is 4.57 Å². The number of aryl methyl sites for hydroxylation is 1. The lowest BCUT2D eigenvalue weighted by atomic mass is 10.1. The standard InChI is InChI=1S/C10H18N2O/c1-3-5-6-10(13)9-7-11-8-12(9)4-2/h7-8,10,13H,3-6H2,1-2H3. The Kier molecular flexibility index (Phi) is 3.96. The van der Waals surface area contributed by atoms with Crippen molar-refractivity contribution in [1.29, 1.82) is 0 Å². The van der Waals surface area contributed by atoms with Crippen LogP contribution in [-0.4, -0.2) is 14.7 Å². The second-order valence-electron chi connectivity index (χ2n) is 3.26. The van der Waals surface area contributed by atoms with Crippen molar-refractivity contribution in [3.8, 4) is 0 Å². The highest BCUT2D eigenvalue weighted by atomic mass is 16.3. The van der Waals surface area contributed by atoms with Gasteiger partial charge >= 0.3 is 0 Å². The zero-order valence-electron chi connectivity index (χ0n) is 8.40. The Balaban J connectivity index is 2.59. The minimum atomic E-state index is -0.345. The van der Waals surface area contributed by atoms with Gasteiger partial charge in [0.25, 0.3) is 0 Å². The van der Waals surface area contributed by atoms with E-state index < -0.39 is 0 Å². The van der Waals surface area contributed by atoms with Crippen LogP contribution in [0.15, 0.2) is 12.5 Å². The SMILES string of the molecule is CCCCC(O)c1cncn1CC. The quantitative estimate of drug-likeness (QED) is 0.757. The van der Waals surface area contributed by atoms with E-state index in [0.717, 1.165) is 31.5 Å².